The molecule has 0 N–H and O–H groups in total. The van der Waals surface area contributed by atoms with Gasteiger partial charge in [0.2, 0.25) is 0 Å². The molecule has 0 atom stereocenters. The van der Waals surface area contributed by atoms with Crippen molar-refractivity contribution in [3.63, 3.8) is 0 Å². The van der Waals surface area contributed by atoms with Gasteiger partial charge in [-0.25, -0.2) is 9.97 Å². The second-order valence-electron chi connectivity index (χ2n) is 5.98. The van der Waals surface area contributed by atoms with Gasteiger partial charge in [-0.3, -0.25) is 4.90 Å². The first-order valence-corrected chi connectivity index (χ1v) is 8.87. The number of aryl methyl sites for hydroxylation is 2. The van der Waals surface area contributed by atoms with E-state index in [-0.39, 0.29) is 0 Å². The van der Waals surface area contributed by atoms with E-state index in [9.17, 15) is 0 Å². The Bertz CT molecular complexity index is 658. The summed E-state index contributed by atoms with van der Waals surface area (Å²) >= 11 is 1.72. The van der Waals surface area contributed by atoms with Crippen molar-refractivity contribution in [2.45, 2.75) is 26.9 Å². The molecule has 0 saturated carbocycles. The molecule has 0 bridgehead atoms. The van der Waals surface area contributed by atoms with Gasteiger partial charge in [-0.05, 0) is 19.9 Å². The maximum Gasteiger partial charge on any atom is 0.133 e. The molecule has 0 amide bonds. The van der Waals surface area contributed by atoms with Crippen LogP contribution in [0.25, 0.3) is 0 Å². The SMILES string of the molecule is COCCN1CCN(Cc2csc(C)n2)Cc2ccc(C)nc21. The quantitative estimate of drug-likeness (QED) is 0.842. The van der Waals surface area contributed by atoms with Crippen molar-refractivity contribution < 1.29 is 4.74 Å². The van der Waals surface area contributed by atoms with Gasteiger partial charge >= 0.3 is 0 Å². The molecule has 3 rings (SSSR count). The maximum atomic E-state index is 5.26. The summed E-state index contributed by atoms with van der Waals surface area (Å²) in [6.07, 6.45) is 0. The lowest BCUT2D eigenvalue weighted by Crippen LogP contribution is -2.33. The summed E-state index contributed by atoms with van der Waals surface area (Å²) in [5, 5.41) is 3.30. The Morgan fingerprint density at radius 3 is 2.83 bits per heavy atom. The lowest BCUT2D eigenvalue weighted by Gasteiger charge is -2.23. The zero-order valence-corrected chi connectivity index (χ0v) is 14.9. The van der Waals surface area contributed by atoms with Gasteiger partial charge in [0.1, 0.15) is 5.82 Å². The smallest absolute Gasteiger partial charge is 0.133 e. The highest BCUT2D eigenvalue weighted by Crippen LogP contribution is 2.24. The molecule has 0 saturated heterocycles. The second-order valence-corrected chi connectivity index (χ2v) is 7.05. The molecule has 0 radical (unpaired) electrons. The molecule has 1 aliphatic rings. The van der Waals surface area contributed by atoms with Crippen LogP contribution >= 0.6 is 11.3 Å². The van der Waals surface area contributed by atoms with Crippen LogP contribution in [0.15, 0.2) is 17.5 Å². The van der Waals surface area contributed by atoms with Crippen LogP contribution in [0, 0.1) is 13.8 Å². The Labute approximate surface area is 141 Å². The first-order chi connectivity index (χ1) is 11.2. The van der Waals surface area contributed by atoms with Gasteiger partial charge in [-0.2, -0.15) is 0 Å². The molecule has 0 fully saturated rings. The number of pyridine rings is 1. The minimum atomic E-state index is 0.723. The number of fused-ring (bicyclic) bond motifs is 1. The van der Waals surface area contributed by atoms with E-state index in [0.29, 0.717) is 0 Å². The molecule has 0 unspecified atom stereocenters. The van der Waals surface area contributed by atoms with Gasteiger partial charge in [0, 0.05) is 56.5 Å². The Morgan fingerprint density at radius 2 is 2.09 bits per heavy atom. The topological polar surface area (TPSA) is 41.5 Å². The van der Waals surface area contributed by atoms with E-state index < -0.39 is 0 Å². The third-order valence-electron chi connectivity index (χ3n) is 4.09. The van der Waals surface area contributed by atoms with Crippen LogP contribution in [0.5, 0.6) is 0 Å². The molecule has 0 spiro atoms. The van der Waals surface area contributed by atoms with Crippen molar-refractivity contribution in [3.05, 3.63) is 39.5 Å². The molecule has 2 aromatic rings. The van der Waals surface area contributed by atoms with E-state index in [1.807, 2.05) is 0 Å². The molecule has 124 valence electrons. The van der Waals surface area contributed by atoms with Crippen LogP contribution in [0.2, 0.25) is 0 Å². The largest absolute Gasteiger partial charge is 0.383 e. The van der Waals surface area contributed by atoms with E-state index in [0.717, 1.165) is 55.9 Å². The first-order valence-electron chi connectivity index (χ1n) is 7.99. The number of rotatable bonds is 5. The van der Waals surface area contributed by atoms with Gasteiger partial charge in [0.05, 0.1) is 17.3 Å². The van der Waals surface area contributed by atoms with Crippen LogP contribution in [0.1, 0.15) is 22.0 Å². The van der Waals surface area contributed by atoms with Gasteiger partial charge < -0.3 is 9.64 Å². The van der Waals surface area contributed by atoms with Crippen molar-refractivity contribution in [1.82, 2.24) is 14.9 Å². The zero-order chi connectivity index (χ0) is 16.2. The van der Waals surface area contributed by atoms with Crippen LogP contribution in [-0.2, 0) is 17.8 Å². The van der Waals surface area contributed by atoms with Crippen LogP contribution in [0.4, 0.5) is 5.82 Å². The number of thiazole rings is 1. The minimum absolute atomic E-state index is 0.723. The third-order valence-corrected chi connectivity index (χ3v) is 4.91. The number of aromatic nitrogens is 2. The number of nitrogens with zero attached hydrogens (tertiary/aromatic N) is 4. The van der Waals surface area contributed by atoms with Gasteiger partial charge in [0.25, 0.3) is 0 Å². The summed E-state index contributed by atoms with van der Waals surface area (Å²) in [5.74, 6) is 1.11. The van der Waals surface area contributed by atoms with E-state index in [2.05, 4.69) is 46.1 Å². The molecule has 2 aromatic heterocycles. The number of anilines is 1. The van der Waals surface area contributed by atoms with Crippen molar-refractivity contribution in [1.29, 1.82) is 0 Å². The highest BCUT2D eigenvalue weighted by Gasteiger charge is 2.21. The number of ether oxygens (including phenoxy) is 1. The fraction of sp³-hybridized carbons (Fsp3) is 0.529. The van der Waals surface area contributed by atoms with Gasteiger partial charge in [-0.15, -0.1) is 11.3 Å². The van der Waals surface area contributed by atoms with Gasteiger partial charge in [-0.1, -0.05) is 6.07 Å². The molecule has 0 aliphatic carbocycles. The Morgan fingerprint density at radius 1 is 1.22 bits per heavy atom. The number of methoxy groups -OCH3 is 1. The fourth-order valence-electron chi connectivity index (χ4n) is 2.92. The van der Waals surface area contributed by atoms with E-state index >= 15 is 0 Å². The van der Waals surface area contributed by atoms with E-state index in [1.165, 1.54) is 11.3 Å². The predicted octanol–water partition coefficient (Wildman–Crippen LogP) is 2.62. The predicted molar refractivity (Wildman–Crippen MR) is 94.0 cm³/mol. The summed E-state index contributed by atoms with van der Waals surface area (Å²) in [4.78, 5) is 14.2. The Kier molecular flexibility index (Phi) is 5.25. The summed E-state index contributed by atoms with van der Waals surface area (Å²) in [6.45, 7) is 9.51. The number of hydrogen-bond acceptors (Lipinski definition) is 6. The van der Waals surface area contributed by atoms with E-state index in [4.69, 9.17) is 9.72 Å². The molecule has 1 aliphatic heterocycles. The third kappa shape index (κ3) is 4.07. The molecule has 3 heterocycles. The molecule has 0 aromatic carbocycles. The van der Waals surface area contributed by atoms with Crippen molar-refractivity contribution in [2.24, 2.45) is 0 Å². The minimum Gasteiger partial charge on any atom is -0.383 e. The molecular formula is C17H24N4OS. The van der Waals surface area contributed by atoms with E-state index in [1.54, 1.807) is 18.4 Å². The van der Waals surface area contributed by atoms with Gasteiger partial charge in [0.15, 0.2) is 0 Å². The van der Waals surface area contributed by atoms with Crippen molar-refractivity contribution >= 4 is 17.2 Å². The lowest BCUT2D eigenvalue weighted by molar-refractivity contribution is 0.203. The molecule has 23 heavy (non-hydrogen) atoms. The average Bonchev–Trinajstić information content (AvgIpc) is 2.86. The molecule has 5 nitrogen and oxygen atoms in total. The molecular weight excluding hydrogens is 308 g/mol. The maximum absolute atomic E-state index is 5.26. The molecule has 6 heteroatoms. The highest BCUT2D eigenvalue weighted by atomic mass is 32.1. The van der Waals surface area contributed by atoms with Crippen molar-refractivity contribution in [3.8, 4) is 0 Å². The Balaban J connectivity index is 1.79. The summed E-state index contributed by atoms with van der Waals surface area (Å²) < 4.78 is 5.26. The van der Waals surface area contributed by atoms with Crippen LogP contribution in [0.3, 0.4) is 0 Å². The monoisotopic (exact) mass is 332 g/mol. The number of hydrogen-bond donors (Lipinski definition) is 0. The fourth-order valence-corrected chi connectivity index (χ4v) is 3.52. The normalized spacial score (nSPS) is 15.5. The summed E-state index contributed by atoms with van der Waals surface area (Å²) in [6, 6.07) is 4.31. The highest BCUT2D eigenvalue weighted by molar-refractivity contribution is 7.09. The van der Waals surface area contributed by atoms with Crippen LogP contribution < -0.4 is 4.90 Å². The van der Waals surface area contributed by atoms with Crippen molar-refractivity contribution in [2.75, 3.05) is 38.3 Å². The van der Waals surface area contributed by atoms with Crippen LogP contribution in [-0.4, -0.2) is 48.2 Å². The summed E-state index contributed by atoms with van der Waals surface area (Å²) in [7, 11) is 1.75. The lowest BCUT2D eigenvalue weighted by atomic mass is 10.2. The zero-order valence-electron chi connectivity index (χ0n) is 14.1. The average molecular weight is 332 g/mol. The second kappa shape index (κ2) is 7.38. The first kappa shape index (κ1) is 16.4. The summed E-state index contributed by atoms with van der Waals surface area (Å²) in [5.41, 5.74) is 3.52. The standard InChI is InChI=1S/C17H24N4OS/c1-13-4-5-15-10-20(11-16-12-23-14(2)19-16)6-7-21(8-9-22-3)17(15)18-13/h4-5,12H,6-11H2,1-3H3. The Hall–Kier alpha value is -1.50.